The number of hydrogen-bond donors (Lipinski definition) is 0. The first-order chi connectivity index (χ1) is 6.76. The summed E-state index contributed by atoms with van der Waals surface area (Å²) >= 11 is 0. The van der Waals surface area contributed by atoms with Crippen molar-refractivity contribution in [2.45, 2.75) is 26.9 Å². The first-order valence-electron chi connectivity index (χ1n) is 5.80. The molecule has 1 heteroatoms. The number of benzene rings is 1. The van der Waals surface area contributed by atoms with Gasteiger partial charge in [0.05, 0.1) is 0 Å². The van der Waals surface area contributed by atoms with Crippen LogP contribution in [0.15, 0.2) is 30.3 Å². The molecule has 0 fully saturated rings. The summed E-state index contributed by atoms with van der Waals surface area (Å²) in [5.41, 5.74) is 1.55. The maximum absolute atomic E-state index is 2.38. The Bertz CT molecular complexity index is 241. The third kappa shape index (κ3) is 2.82. The van der Waals surface area contributed by atoms with E-state index in [9.17, 15) is 0 Å². The standard InChI is InChI=1S/C13H23P/c1-4-14(5-2,6-3)12-13-10-8-7-9-11-13/h7-11,14H,4-6,12H2,1-3H3. The Morgan fingerprint density at radius 2 is 1.36 bits per heavy atom. The molecule has 80 valence electrons. The van der Waals surface area contributed by atoms with Gasteiger partial charge >= 0.3 is 88.6 Å². The van der Waals surface area contributed by atoms with Crippen molar-refractivity contribution in [2.24, 2.45) is 0 Å². The number of hydrogen-bond acceptors (Lipinski definition) is 0. The molecule has 0 unspecified atom stereocenters. The van der Waals surface area contributed by atoms with Gasteiger partial charge in [-0.05, 0) is 0 Å². The van der Waals surface area contributed by atoms with Crippen molar-refractivity contribution in [1.82, 2.24) is 0 Å². The average Bonchev–Trinajstić information content (AvgIpc) is 2.28. The minimum absolute atomic E-state index is 0.958. The van der Waals surface area contributed by atoms with Crippen LogP contribution in [0.2, 0.25) is 0 Å². The second kappa shape index (κ2) is 5.51. The van der Waals surface area contributed by atoms with Crippen molar-refractivity contribution in [1.29, 1.82) is 0 Å². The summed E-state index contributed by atoms with van der Waals surface area (Å²) in [4.78, 5) is 0. The molecule has 0 aliphatic heterocycles. The molecule has 0 bridgehead atoms. The van der Waals surface area contributed by atoms with Crippen molar-refractivity contribution in [3.63, 3.8) is 0 Å². The summed E-state index contributed by atoms with van der Waals surface area (Å²) in [6.07, 6.45) is 5.65. The first kappa shape index (κ1) is 11.7. The predicted molar refractivity (Wildman–Crippen MR) is 70.1 cm³/mol. The Labute approximate surface area is 89.1 Å². The molecule has 1 rings (SSSR count). The Kier molecular flexibility index (Phi) is 4.62. The van der Waals surface area contributed by atoms with E-state index in [0.717, 1.165) is 0 Å². The van der Waals surface area contributed by atoms with E-state index in [1.807, 2.05) is 0 Å². The van der Waals surface area contributed by atoms with Crippen LogP contribution in [0.5, 0.6) is 0 Å². The van der Waals surface area contributed by atoms with Gasteiger partial charge in [0.2, 0.25) is 0 Å². The summed E-state index contributed by atoms with van der Waals surface area (Å²) in [5.74, 6) is 0. The fourth-order valence-electron chi connectivity index (χ4n) is 2.15. The van der Waals surface area contributed by atoms with Gasteiger partial charge in [-0.15, -0.1) is 0 Å². The monoisotopic (exact) mass is 210 g/mol. The maximum atomic E-state index is 2.38. The van der Waals surface area contributed by atoms with Gasteiger partial charge in [0, 0.05) is 0 Å². The molecule has 0 atom stereocenters. The molecule has 0 heterocycles. The van der Waals surface area contributed by atoms with Gasteiger partial charge in [0.1, 0.15) is 0 Å². The van der Waals surface area contributed by atoms with Crippen molar-refractivity contribution in [3.05, 3.63) is 35.9 Å². The normalized spacial score (nSPS) is 12.8. The Balaban J connectivity index is 2.74. The first-order valence-corrected chi connectivity index (χ1v) is 8.63. The molecule has 0 saturated heterocycles. The zero-order valence-corrected chi connectivity index (χ0v) is 10.7. The minimum atomic E-state index is -0.958. The summed E-state index contributed by atoms with van der Waals surface area (Å²) in [6, 6.07) is 11.0. The fourth-order valence-corrected chi connectivity index (χ4v) is 5.51. The quantitative estimate of drug-likeness (QED) is 0.644. The predicted octanol–water partition coefficient (Wildman–Crippen LogP) is 4.00. The molecule has 0 amide bonds. The molecule has 0 saturated carbocycles. The third-order valence-corrected chi connectivity index (χ3v) is 9.33. The van der Waals surface area contributed by atoms with Gasteiger partial charge in [0.15, 0.2) is 0 Å². The van der Waals surface area contributed by atoms with Gasteiger partial charge < -0.3 is 0 Å². The molecule has 1 aromatic carbocycles. The summed E-state index contributed by atoms with van der Waals surface area (Å²) in [5, 5.41) is 0. The SMILES string of the molecule is CC[PH](CC)(CC)Cc1ccccc1. The van der Waals surface area contributed by atoms with Crippen molar-refractivity contribution in [2.75, 3.05) is 18.5 Å². The molecule has 0 radical (unpaired) electrons. The van der Waals surface area contributed by atoms with E-state index in [2.05, 4.69) is 51.1 Å². The molecule has 0 nitrogen and oxygen atoms in total. The molecule has 0 aliphatic rings. The Hall–Kier alpha value is -0.350. The van der Waals surface area contributed by atoms with Crippen LogP contribution >= 0.6 is 7.26 Å². The van der Waals surface area contributed by atoms with Gasteiger partial charge in [-0.3, -0.25) is 0 Å². The van der Waals surface area contributed by atoms with E-state index < -0.39 is 7.26 Å². The van der Waals surface area contributed by atoms with Crippen LogP contribution in [-0.2, 0) is 6.16 Å². The van der Waals surface area contributed by atoms with Gasteiger partial charge in [-0.1, -0.05) is 0 Å². The van der Waals surface area contributed by atoms with Crippen LogP contribution in [0.3, 0.4) is 0 Å². The van der Waals surface area contributed by atoms with E-state index >= 15 is 0 Å². The van der Waals surface area contributed by atoms with E-state index in [1.165, 1.54) is 24.6 Å². The van der Waals surface area contributed by atoms with Crippen LogP contribution in [-0.4, -0.2) is 18.5 Å². The van der Waals surface area contributed by atoms with E-state index in [0.29, 0.717) is 0 Å². The van der Waals surface area contributed by atoms with Gasteiger partial charge in [-0.2, -0.15) is 0 Å². The Morgan fingerprint density at radius 1 is 0.857 bits per heavy atom. The number of rotatable bonds is 5. The van der Waals surface area contributed by atoms with Crippen molar-refractivity contribution >= 4 is 7.26 Å². The van der Waals surface area contributed by atoms with E-state index in [4.69, 9.17) is 0 Å². The van der Waals surface area contributed by atoms with Crippen LogP contribution < -0.4 is 0 Å². The Morgan fingerprint density at radius 3 is 1.79 bits per heavy atom. The fraction of sp³-hybridized carbons (Fsp3) is 0.538. The van der Waals surface area contributed by atoms with Crippen LogP contribution in [0, 0.1) is 0 Å². The molecule has 0 aliphatic carbocycles. The molecule has 0 aromatic heterocycles. The van der Waals surface area contributed by atoms with Crippen LogP contribution in [0.1, 0.15) is 26.3 Å². The molecule has 0 N–H and O–H groups in total. The molecule has 0 spiro atoms. The summed E-state index contributed by atoms with van der Waals surface area (Å²) in [7, 11) is -0.958. The second-order valence-electron chi connectivity index (χ2n) is 4.22. The zero-order chi connectivity index (χ0) is 10.4. The van der Waals surface area contributed by atoms with Crippen LogP contribution in [0.25, 0.3) is 0 Å². The van der Waals surface area contributed by atoms with Crippen molar-refractivity contribution in [3.8, 4) is 0 Å². The second-order valence-corrected chi connectivity index (χ2v) is 9.70. The van der Waals surface area contributed by atoms with Gasteiger partial charge in [0.25, 0.3) is 0 Å². The molecule has 14 heavy (non-hydrogen) atoms. The summed E-state index contributed by atoms with van der Waals surface area (Å²) < 4.78 is 0. The zero-order valence-electron chi connectivity index (χ0n) is 9.72. The van der Waals surface area contributed by atoms with E-state index in [-0.39, 0.29) is 0 Å². The van der Waals surface area contributed by atoms with Crippen LogP contribution in [0.4, 0.5) is 0 Å². The third-order valence-electron chi connectivity index (χ3n) is 3.67. The molecular formula is C13H23P. The molecule has 1 aromatic rings. The van der Waals surface area contributed by atoms with E-state index in [1.54, 1.807) is 5.56 Å². The van der Waals surface area contributed by atoms with Gasteiger partial charge in [-0.25, -0.2) is 0 Å². The summed E-state index contributed by atoms with van der Waals surface area (Å²) in [6.45, 7) is 7.13. The van der Waals surface area contributed by atoms with Crippen molar-refractivity contribution < 1.29 is 0 Å². The topological polar surface area (TPSA) is 0 Å². The molecular weight excluding hydrogens is 187 g/mol. The average molecular weight is 210 g/mol.